The number of hydrogen-bond acceptors (Lipinski definition) is 5. The van der Waals surface area contributed by atoms with Crippen molar-refractivity contribution in [2.75, 3.05) is 30.9 Å². The fourth-order valence-electron chi connectivity index (χ4n) is 4.67. The molecule has 3 aromatic rings. The lowest BCUT2D eigenvalue weighted by molar-refractivity contribution is -0.128. The van der Waals surface area contributed by atoms with Crippen molar-refractivity contribution in [3.05, 3.63) is 60.7 Å². The minimum atomic E-state index is -0.453. The number of carbonyl (C=O) groups is 1. The molecule has 6 nitrogen and oxygen atoms in total. The third-order valence-electron chi connectivity index (χ3n) is 6.62. The maximum absolute atomic E-state index is 12.7. The standard InChI is InChI=1S/C28H36N4O2/c1-4-26(34-22-10-6-5-7-11-22)28(33)29-19-20-14-16-21(17-15-20)30-27-18-25(32(2)3)23-12-8-9-13-24(23)31-27/h5-13,18,20-21,26H,4,14-17,19H2,1-3H3,(H,29,33)(H,30,31). The van der Waals surface area contributed by atoms with Gasteiger partial charge in [0, 0.05) is 43.8 Å². The molecule has 34 heavy (non-hydrogen) atoms. The first-order valence-corrected chi connectivity index (χ1v) is 12.4. The Labute approximate surface area is 202 Å². The van der Waals surface area contributed by atoms with Crippen LogP contribution < -0.4 is 20.3 Å². The minimum absolute atomic E-state index is 0.0248. The zero-order chi connectivity index (χ0) is 23.9. The Morgan fingerprint density at radius 3 is 2.47 bits per heavy atom. The molecule has 2 N–H and O–H groups in total. The summed E-state index contributed by atoms with van der Waals surface area (Å²) in [6.07, 6.45) is 4.51. The summed E-state index contributed by atoms with van der Waals surface area (Å²) in [6, 6.07) is 20.4. The van der Waals surface area contributed by atoms with Gasteiger partial charge >= 0.3 is 0 Å². The molecule has 0 spiro atoms. The van der Waals surface area contributed by atoms with Crippen LogP contribution in [-0.2, 0) is 4.79 Å². The van der Waals surface area contributed by atoms with Gasteiger partial charge in [0.15, 0.2) is 6.10 Å². The number of amides is 1. The SMILES string of the molecule is CCC(Oc1ccccc1)C(=O)NCC1CCC(Nc2cc(N(C)C)c3ccccc3n2)CC1. The van der Waals surface area contributed by atoms with Crippen LogP contribution in [0.15, 0.2) is 60.7 Å². The molecular formula is C28H36N4O2. The highest BCUT2D eigenvalue weighted by atomic mass is 16.5. The van der Waals surface area contributed by atoms with Crippen molar-refractivity contribution >= 4 is 28.3 Å². The van der Waals surface area contributed by atoms with Gasteiger partial charge in [0.05, 0.1) is 5.52 Å². The smallest absolute Gasteiger partial charge is 0.261 e. The van der Waals surface area contributed by atoms with E-state index in [1.165, 1.54) is 11.1 Å². The molecule has 1 heterocycles. The number of carbonyl (C=O) groups excluding carboxylic acids is 1. The van der Waals surface area contributed by atoms with E-state index in [0.29, 0.717) is 24.9 Å². The molecule has 0 bridgehead atoms. The highest BCUT2D eigenvalue weighted by Crippen LogP contribution is 2.30. The zero-order valence-corrected chi connectivity index (χ0v) is 20.5. The van der Waals surface area contributed by atoms with Gasteiger partial charge in [-0.05, 0) is 56.2 Å². The van der Waals surface area contributed by atoms with Crippen LogP contribution in [0.2, 0.25) is 0 Å². The quantitative estimate of drug-likeness (QED) is 0.457. The minimum Gasteiger partial charge on any atom is -0.481 e. The second-order valence-electron chi connectivity index (χ2n) is 9.37. The lowest BCUT2D eigenvalue weighted by Crippen LogP contribution is -2.41. The predicted molar refractivity (Wildman–Crippen MR) is 140 cm³/mol. The molecule has 1 unspecified atom stereocenters. The van der Waals surface area contributed by atoms with Crippen molar-refractivity contribution in [3.8, 4) is 5.75 Å². The topological polar surface area (TPSA) is 66.5 Å². The summed E-state index contributed by atoms with van der Waals surface area (Å²) in [4.78, 5) is 19.6. The van der Waals surface area contributed by atoms with E-state index in [-0.39, 0.29) is 5.91 Å². The predicted octanol–water partition coefficient (Wildman–Crippen LogP) is 5.25. The molecule has 4 rings (SSSR count). The van der Waals surface area contributed by atoms with Crippen molar-refractivity contribution in [3.63, 3.8) is 0 Å². The van der Waals surface area contributed by atoms with Crippen LogP contribution in [0.25, 0.3) is 10.9 Å². The molecule has 1 aliphatic rings. The van der Waals surface area contributed by atoms with E-state index in [0.717, 1.165) is 42.8 Å². The maximum atomic E-state index is 12.7. The summed E-state index contributed by atoms with van der Waals surface area (Å²) in [6.45, 7) is 2.69. The van der Waals surface area contributed by atoms with E-state index in [9.17, 15) is 4.79 Å². The van der Waals surface area contributed by atoms with Gasteiger partial charge in [0.25, 0.3) is 5.91 Å². The number of pyridine rings is 1. The largest absolute Gasteiger partial charge is 0.481 e. The van der Waals surface area contributed by atoms with Gasteiger partial charge in [-0.3, -0.25) is 4.79 Å². The molecule has 180 valence electrons. The van der Waals surface area contributed by atoms with Crippen molar-refractivity contribution < 1.29 is 9.53 Å². The normalized spacial score (nSPS) is 18.8. The number of anilines is 2. The van der Waals surface area contributed by atoms with E-state index in [1.807, 2.05) is 43.3 Å². The average molecular weight is 461 g/mol. The van der Waals surface area contributed by atoms with Gasteiger partial charge in [0.1, 0.15) is 11.6 Å². The van der Waals surface area contributed by atoms with E-state index >= 15 is 0 Å². The Hall–Kier alpha value is -3.28. The van der Waals surface area contributed by atoms with E-state index in [1.54, 1.807) is 0 Å². The van der Waals surface area contributed by atoms with Crippen molar-refractivity contribution in [1.82, 2.24) is 10.3 Å². The van der Waals surface area contributed by atoms with Crippen molar-refractivity contribution in [2.24, 2.45) is 5.92 Å². The van der Waals surface area contributed by atoms with Gasteiger partial charge in [-0.2, -0.15) is 0 Å². The number of ether oxygens (including phenoxy) is 1. The number of nitrogens with one attached hydrogen (secondary N) is 2. The lowest BCUT2D eigenvalue weighted by atomic mass is 9.86. The Morgan fingerprint density at radius 2 is 1.76 bits per heavy atom. The molecule has 1 aliphatic carbocycles. The number of nitrogens with zero attached hydrogens (tertiary/aromatic N) is 2. The van der Waals surface area contributed by atoms with Crippen molar-refractivity contribution in [2.45, 2.75) is 51.2 Å². The second-order valence-corrected chi connectivity index (χ2v) is 9.37. The molecule has 1 amide bonds. The molecule has 0 saturated heterocycles. The first kappa shape index (κ1) is 23.9. The second kappa shape index (κ2) is 11.2. The van der Waals surface area contributed by atoms with Crippen LogP contribution in [0.1, 0.15) is 39.0 Å². The van der Waals surface area contributed by atoms with E-state index in [4.69, 9.17) is 9.72 Å². The lowest BCUT2D eigenvalue weighted by Gasteiger charge is -2.30. The summed E-state index contributed by atoms with van der Waals surface area (Å²) in [5, 5.41) is 7.96. The van der Waals surface area contributed by atoms with Gasteiger partial charge in [-0.15, -0.1) is 0 Å². The summed E-state index contributed by atoms with van der Waals surface area (Å²) < 4.78 is 5.87. The third kappa shape index (κ3) is 5.99. The summed E-state index contributed by atoms with van der Waals surface area (Å²) in [5.41, 5.74) is 2.18. The van der Waals surface area contributed by atoms with Gasteiger partial charge in [0.2, 0.25) is 0 Å². The number of aromatic nitrogens is 1. The number of fused-ring (bicyclic) bond motifs is 1. The molecule has 6 heteroatoms. The Balaban J connectivity index is 1.27. The fraction of sp³-hybridized carbons (Fsp3) is 0.429. The zero-order valence-electron chi connectivity index (χ0n) is 20.5. The first-order valence-electron chi connectivity index (χ1n) is 12.4. The fourth-order valence-corrected chi connectivity index (χ4v) is 4.67. The average Bonchev–Trinajstić information content (AvgIpc) is 2.86. The maximum Gasteiger partial charge on any atom is 0.261 e. The molecule has 1 atom stereocenters. The molecule has 1 saturated carbocycles. The van der Waals surface area contributed by atoms with Crippen LogP contribution in [0.3, 0.4) is 0 Å². The van der Waals surface area contributed by atoms with Crippen molar-refractivity contribution in [1.29, 1.82) is 0 Å². The van der Waals surface area contributed by atoms with Gasteiger partial charge in [-0.1, -0.05) is 43.3 Å². The molecule has 0 radical (unpaired) electrons. The van der Waals surface area contributed by atoms with Crippen LogP contribution in [-0.4, -0.2) is 43.7 Å². The number of rotatable bonds is 9. The Bertz CT molecular complexity index is 1080. The number of hydrogen-bond donors (Lipinski definition) is 2. The van der Waals surface area contributed by atoms with Crippen LogP contribution in [0.5, 0.6) is 5.75 Å². The van der Waals surface area contributed by atoms with Gasteiger partial charge < -0.3 is 20.3 Å². The summed E-state index contributed by atoms with van der Waals surface area (Å²) in [7, 11) is 4.14. The van der Waals surface area contributed by atoms with Crippen LogP contribution in [0.4, 0.5) is 11.5 Å². The third-order valence-corrected chi connectivity index (χ3v) is 6.62. The Morgan fingerprint density at radius 1 is 1.06 bits per heavy atom. The highest BCUT2D eigenvalue weighted by molar-refractivity contribution is 5.93. The van der Waals surface area contributed by atoms with E-state index < -0.39 is 6.10 Å². The summed E-state index contributed by atoms with van der Waals surface area (Å²) in [5.74, 6) is 2.14. The molecule has 1 fully saturated rings. The molecule has 1 aromatic heterocycles. The number of benzene rings is 2. The summed E-state index contributed by atoms with van der Waals surface area (Å²) >= 11 is 0. The highest BCUT2D eigenvalue weighted by Gasteiger charge is 2.24. The molecule has 0 aliphatic heterocycles. The molecular weight excluding hydrogens is 424 g/mol. The van der Waals surface area contributed by atoms with Gasteiger partial charge in [-0.25, -0.2) is 4.98 Å². The van der Waals surface area contributed by atoms with Crippen LogP contribution >= 0.6 is 0 Å². The Kier molecular flexibility index (Phi) is 7.88. The van der Waals surface area contributed by atoms with E-state index in [2.05, 4.69) is 53.9 Å². The van der Waals surface area contributed by atoms with Crippen LogP contribution in [0, 0.1) is 5.92 Å². The molecule has 2 aromatic carbocycles. The monoisotopic (exact) mass is 460 g/mol. The first-order chi connectivity index (χ1) is 16.5. The number of para-hydroxylation sites is 2.